The maximum absolute atomic E-state index is 13.8. The van der Waals surface area contributed by atoms with E-state index in [0.717, 1.165) is 17.2 Å². The Morgan fingerprint density at radius 3 is 2.37 bits per heavy atom. The molecule has 49 heavy (non-hydrogen) atoms. The van der Waals surface area contributed by atoms with E-state index >= 15 is 0 Å². The molecule has 0 spiro atoms. The van der Waals surface area contributed by atoms with Gasteiger partial charge < -0.3 is 30.2 Å². The third kappa shape index (κ3) is 5.79. The highest BCUT2D eigenvalue weighted by atomic mass is 35.5. The van der Waals surface area contributed by atoms with Crippen molar-refractivity contribution in [3.05, 3.63) is 129 Å². The Morgan fingerprint density at radius 2 is 1.59 bits per heavy atom. The summed E-state index contributed by atoms with van der Waals surface area (Å²) >= 11 is 6.07. The van der Waals surface area contributed by atoms with Gasteiger partial charge in [-0.3, -0.25) is 14.7 Å². The number of H-pyrrole nitrogens is 1. The van der Waals surface area contributed by atoms with E-state index in [1.54, 1.807) is 36.5 Å². The van der Waals surface area contributed by atoms with Crippen LogP contribution in [0.25, 0.3) is 55.8 Å². The number of carboxylic acid groups (broad SMARTS) is 1. The standard InChI is InChI=1S/C37H24ClN3O8/c38-29-14-27(30(44)15-31(29)45)35-28(17-40-41-35)19-3-1-18(2-4-19)16-39-36(46)26-11-20(37(47)48)5-8-23(26)34-24-9-6-21(42)12-32(24)49-33-13-22(43)7-10-25(33)34/h1-15,17,42,44-45H,16H2,(H,39,46)(H,40,41)(H,47,48). The number of carbonyl (C=O) groups excluding carboxylic acids is 1. The lowest BCUT2D eigenvalue weighted by atomic mass is 9.89. The fourth-order valence-electron chi connectivity index (χ4n) is 5.77. The van der Waals surface area contributed by atoms with Gasteiger partial charge in [0.1, 0.15) is 34.3 Å². The first-order valence-electron chi connectivity index (χ1n) is 14.8. The number of carboxylic acids is 1. The molecule has 0 bridgehead atoms. The monoisotopic (exact) mass is 673 g/mol. The minimum Gasteiger partial charge on any atom is -0.508 e. The maximum Gasteiger partial charge on any atom is 0.335 e. The molecule has 4 aromatic carbocycles. The molecule has 0 unspecified atom stereocenters. The van der Waals surface area contributed by atoms with Crippen molar-refractivity contribution in [2.24, 2.45) is 0 Å². The van der Waals surface area contributed by atoms with Crippen molar-refractivity contribution < 1.29 is 34.4 Å². The highest BCUT2D eigenvalue weighted by Crippen LogP contribution is 2.43. The van der Waals surface area contributed by atoms with Crippen LogP contribution < -0.4 is 10.7 Å². The number of phenols is 3. The van der Waals surface area contributed by atoms with E-state index < -0.39 is 11.9 Å². The number of phenolic OH excluding ortho intramolecular Hbond substituents is 3. The normalized spacial score (nSPS) is 11.2. The summed E-state index contributed by atoms with van der Waals surface area (Å²) in [5, 5.41) is 50.6. The molecule has 0 fully saturated rings. The van der Waals surface area contributed by atoms with Gasteiger partial charge in [-0.25, -0.2) is 4.79 Å². The van der Waals surface area contributed by atoms with E-state index in [4.69, 9.17) is 16.0 Å². The summed E-state index contributed by atoms with van der Waals surface area (Å²) in [6.45, 7) is 0.0987. The molecule has 6 N–H and O–H groups in total. The van der Waals surface area contributed by atoms with Crippen LogP contribution in [0.4, 0.5) is 0 Å². The third-order valence-corrected chi connectivity index (χ3v) is 8.44. The average Bonchev–Trinajstić information content (AvgIpc) is 3.57. The summed E-state index contributed by atoms with van der Waals surface area (Å²) in [6, 6.07) is 22.8. The predicted molar refractivity (Wildman–Crippen MR) is 182 cm³/mol. The number of amides is 1. The Hall–Kier alpha value is -6.59. The minimum atomic E-state index is -1.21. The molecule has 0 atom stereocenters. The van der Waals surface area contributed by atoms with Gasteiger partial charge in [-0.2, -0.15) is 5.10 Å². The number of halogens is 1. The predicted octanol–water partition coefficient (Wildman–Crippen LogP) is 7.02. The van der Waals surface area contributed by atoms with Gasteiger partial charge in [0.05, 0.1) is 10.6 Å². The van der Waals surface area contributed by atoms with Crippen molar-refractivity contribution in [1.29, 1.82) is 0 Å². The number of hydrogen-bond donors (Lipinski definition) is 6. The molecular formula is C37H24ClN3O8. The molecule has 1 aliphatic carbocycles. The van der Waals surface area contributed by atoms with E-state index in [0.29, 0.717) is 38.9 Å². The van der Waals surface area contributed by atoms with Gasteiger partial charge in [-0.1, -0.05) is 41.9 Å². The van der Waals surface area contributed by atoms with Crippen molar-refractivity contribution in [3.63, 3.8) is 0 Å². The van der Waals surface area contributed by atoms with E-state index in [-0.39, 0.29) is 56.7 Å². The van der Waals surface area contributed by atoms with Crippen LogP contribution in [0, 0.1) is 0 Å². The zero-order chi connectivity index (χ0) is 34.4. The second-order valence-electron chi connectivity index (χ2n) is 11.2. The fourth-order valence-corrected chi connectivity index (χ4v) is 5.93. The first kappa shape index (κ1) is 31.0. The van der Waals surface area contributed by atoms with Gasteiger partial charge in [0.2, 0.25) is 0 Å². The number of hydrogen-bond acceptors (Lipinski definition) is 8. The number of fused-ring (bicyclic) bond motifs is 2. The minimum absolute atomic E-state index is 0.0584. The SMILES string of the molecule is O=C(O)c1ccc(-c2c3ccc(=O)cc-3oc3cc(O)ccc23)c(C(=O)NCc2ccc(-c3c[nH]nc3-c3cc(Cl)c(O)cc3O)cc2)c1. The number of aromatic nitrogens is 2. The molecule has 12 heteroatoms. The van der Waals surface area contributed by atoms with Crippen LogP contribution in [0.15, 0.2) is 106 Å². The summed E-state index contributed by atoms with van der Waals surface area (Å²) in [5.74, 6) is -2.03. The van der Waals surface area contributed by atoms with Gasteiger partial charge in [0.25, 0.3) is 5.91 Å². The molecule has 11 nitrogen and oxygen atoms in total. The molecule has 0 radical (unpaired) electrons. The topological polar surface area (TPSA) is 186 Å². The van der Waals surface area contributed by atoms with Gasteiger partial charge >= 0.3 is 5.97 Å². The Balaban J connectivity index is 1.22. The zero-order valence-corrected chi connectivity index (χ0v) is 25.9. The second kappa shape index (κ2) is 12.2. The molecular weight excluding hydrogens is 650 g/mol. The Morgan fingerprint density at radius 1 is 0.816 bits per heavy atom. The van der Waals surface area contributed by atoms with Crippen LogP contribution in [-0.4, -0.2) is 42.5 Å². The second-order valence-corrected chi connectivity index (χ2v) is 11.6. The quantitative estimate of drug-likeness (QED) is 0.0967. The molecule has 1 aliphatic heterocycles. The number of rotatable bonds is 7. The summed E-state index contributed by atoms with van der Waals surface area (Å²) in [4.78, 5) is 38.0. The van der Waals surface area contributed by atoms with Gasteiger partial charge in [-0.05, 0) is 59.2 Å². The molecule has 0 saturated carbocycles. The molecule has 2 heterocycles. The van der Waals surface area contributed by atoms with Crippen molar-refractivity contribution in [2.75, 3.05) is 0 Å². The number of carbonyl (C=O) groups is 2. The van der Waals surface area contributed by atoms with E-state index in [1.165, 1.54) is 42.5 Å². The summed E-state index contributed by atoms with van der Waals surface area (Å²) in [5.41, 5.74) is 4.31. The molecule has 242 valence electrons. The van der Waals surface area contributed by atoms with Crippen LogP contribution >= 0.6 is 11.6 Å². The summed E-state index contributed by atoms with van der Waals surface area (Å²) in [7, 11) is 0. The molecule has 5 aromatic rings. The molecule has 1 amide bonds. The first-order valence-corrected chi connectivity index (χ1v) is 15.2. The number of benzene rings is 5. The smallest absolute Gasteiger partial charge is 0.335 e. The average molecular weight is 674 g/mol. The largest absolute Gasteiger partial charge is 0.508 e. The molecule has 1 aromatic heterocycles. The lowest BCUT2D eigenvalue weighted by Crippen LogP contribution is -2.24. The van der Waals surface area contributed by atoms with Crippen LogP contribution in [0.3, 0.4) is 0 Å². The molecule has 0 saturated heterocycles. The lowest BCUT2D eigenvalue weighted by Gasteiger charge is -2.18. The van der Waals surface area contributed by atoms with Crippen LogP contribution in [0.1, 0.15) is 26.3 Å². The molecule has 2 aliphatic rings. The fraction of sp³-hybridized carbons (Fsp3) is 0.0270. The van der Waals surface area contributed by atoms with Crippen LogP contribution in [0.5, 0.6) is 17.2 Å². The number of nitrogens with one attached hydrogen (secondary N) is 2. The third-order valence-electron chi connectivity index (χ3n) is 8.14. The zero-order valence-electron chi connectivity index (χ0n) is 25.2. The van der Waals surface area contributed by atoms with Gasteiger partial charge in [0.15, 0.2) is 5.43 Å². The molecule has 7 rings (SSSR count). The summed E-state index contributed by atoms with van der Waals surface area (Å²) < 4.78 is 5.93. The van der Waals surface area contributed by atoms with Gasteiger partial charge in [0, 0.05) is 64.1 Å². The van der Waals surface area contributed by atoms with E-state index in [9.17, 15) is 34.8 Å². The number of aromatic hydroxyl groups is 3. The number of nitrogens with zero attached hydrogens (tertiary/aromatic N) is 1. The van der Waals surface area contributed by atoms with E-state index in [2.05, 4.69) is 15.5 Å². The Kier molecular flexibility index (Phi) is 7.73. The highest BCUT2D eigenvalue weighted by Gasteiger charge is 2.24. The number of aromatic carboxylic acids is 1. The van der Waals surface area contributed by atoms with Crippen LogP contribution in [0.2, 0.25) is 5.02 Å². The Labute approximate surface area is 281 Å². The van der Waals surface area contributed by atoms with Crippen molar-refractivity contribution >= 4 is 34.4 Å². The van der Waals surface area contributed by atoms with Gasteiger partial charge in [-0.15, -0.1) is 0 Å². The van der Waals surface area contributed by atoms with Crippen molar-refractivity contribution in [2.45, 2.75) is 6.54 Å². The first-order chi connectivity index (χ1) is 23.6. The van der Waals surface area contributed by atoms with E-state index in [1.807, 2.05) is 12.1 Å². The maximum atomic E-state index is 13.8. The Bertz CT molecular complexity index is 2470. The highest BCUT2D eigenvalue weighted by molar-refractivity contribution is 6.32. The number of aromatic amines is 1. The van der Waals surface area contributed by atoms with Crippen molar-refractivity contribution in [1.82, 2.24) is 15.5 Å². The summed E-state index contributed by atoms with van der Waals surface area (Å²) in [6.07, 6.45) is 1.66. The van der Waals surface area contributed by atoms with Crippen molar-refractivity contribution in [3.8, 4) is 62.1 Å². The lowest BCUT2D eigenvalue weighted by molar-refractivity contribution is 0.0697. The van der Waals surface area contributed by atoms with Crippen LogP contribution in [-0.2, 0) is 6.54 Å².